The van der Waals surface area contributed by atoms with Crippen LogP contribution in [0.5, 0.6) is 0 Å². The number of rotatable bonds is 2. The lowest BCUT2D eigenvalue weighted by molar-refractivity contribution is -0.384. The lowest BCUT2D eigenvalue weighted by Gasteiger charge is -1.91. The van der Waals surface area contributed by atoms with Gasteiger partial charge < -0.3 is 5.43 Å². The normalized spacial score (nSPS) is 9.64. The molecule has 0 aromatic carbocycles. The summed E-state index contributed by atoms with van der Waals surface area (Å²) in [6, 6.07) is 0. The minimum atomic E-state index is -0.548. The average Bonchev–Trinajstić information content (AvgIpc) is 2.30. The number of hydrogen-bond acceptors (Lipinski definition) is 5. The molecule has 0 atom stereocenters. The minimum absolute atomic E-state index is 0.0486. The largest absolute Gasteiger partial charge is 0.334 e. The number of H-pyrrole nitrogens is 1. The summed E-state index contributed by atoms with van der Waals surface area (Å²) in [6.07, 6.45) is 0. The third kappa shape index (κ3) is 1.13. The predicted molar refractivity (Wildman–Crippen MR) is 37.8 cm³/mol. The number of aromatic amines is 1. The second-order valence-electron chi connectivity index (χ2n) is 1.95. The van der Waals surface area contributed by atoms with Gasteiger partial charge in [0.15, 0.2) is 0 Å². The number of nitrogens with zero attached hydrogens (tertiary/aromatic N) is 2. The summed E-state index contributed by atoms with van der Waals surface area (Å²) >= 11 is 0. The Labute approximate surface area is 61.7 Å². The van der Waals surface area contributed by atoms with Crippen molar-refractivity contribution in [2.45, 2.75) is 6.92 Å². The predicted octanol–water partition coefficient (Wildman–Crippen LogP) is -0.0881. The standard InChI is InChI=1S/C4H7N5O2/c1-2-3(9(10)11)4(6-5)8-7-2/h5H2,1H3,(H2,6,7,8). The smallest absolute Gasteiger partial charge is 0.301 e. The van der Waals surface area contributed by atoms with Gasteiger partial charge in [0, 0.05) is 0 Å². The van der Waals surface area contributed by atoms with Gasteiger partial charge in [0.1, 0.15) is 5.69 Å². The van der Waals surface area contributed by atoms with E-state index >= 15 is 0 Å². The van der Waals surface area contributed by atoms with E-state index in [9.17, 15) is 10.1 Å². The second-order valence-corrected chi connectivity index (χ2v) is 1.95. The van der Waals surface area contributed by atoms with Crippen LogP contribution in [0.25, 0.3) is 0 Å². The Hall–Kier alpha value is -1.63. The van der Waals surface area contributed by atoms with Crippen LogP contribution in [0.3, 0.4) is 0 Å². The van der Waals surface area contributed by atoms with Crippen molar-refractivity contribution in [3.63, 3.8) is 0 Å². The molecule has 0 unspecified atom stereocenters. The van der Waals surface area contributed by atoms with Gasteiger partial charge in [0.2, 0.25) is 5.82 Å². The Bertz CT molecular complexity index is 280. The third-order valence-corrected chi connectivity index (χ3v) is 1.23. The number of hydrazine groups is 1. The van der Waals surface area contributed by atoms with Crippen LogP contribution in [0.4, 0.5) is 11.5 Å². The van der Waals surface area contributed by atoms with Crippen LogP contribution in [-0.4, -0.2) is 15.1 Å². The highest BCUT2D eigenvalue weighted by Crippen LogP contribution is 2.23. The van der Waals surface area contributed by atoms with E-state index in [-0.39, 0.29) is 11.5 Å². The first-order valence-electron chi connectivity index (χ1n) is 2.82. The number of nitrogen functional groups attached to an aromatic ring is 1. The van der Waals surface area contributed by atoms with Crippen LogP contribution in [0.1, 0.15) is 5.69 Å². The van der Waals surface area contributed by atoms with Gasteiger partial charge in [-0.2, -0.15) is 0 Å². The molecule has 0 spiro atoms. The molecule has 0 radical (unpaired) electrons. The first-order valence-corrected chi connectivity index (χ1v) is 2.82. The first kappa shape index (κ1) is 7.48. The van der Waals surface area contributed by atoms with Gasteiger partial charge in [-0.1, -0.05) is 0 Å². The van der Waals surface area contributed by atoms with E-state index in [0.717, 1.165) is 0 Å². The van der Waals surface area contributed by atoms with Crippen molar-refractivity contribution in [1.82, 2.24) is 10.2 Å². The molecule has 0 aliphatic heterocycles. The molecule has 1 rings (SSSR count). The molecule has 11 heavy (non-hydrogen) atoms. The average molecular weight is 157 g/mol. The van der Waals surface area contributed by atoms with E-state index in [4.69, 9.17) is 5.84 Å². The van der Waals surface area contributed by atoms with Crippen molar-refractivity contribution < 1.29 is 4.92 Å². The van der Waals surface area contributed by atoms with Crippen LogP contribution in [0.2, 0.25) is 0 Å². The van der Waals surface area contributed by atoms with E-state index in [0.29, 0.717) is 5.69 Å². The molecule has 1 aromatic heterocycles. The van der Waals surface area contributed by atoms with Crippen molar-refractivity contribution in [2.24, 2.45) is 5.84 Å². The molecule has 7 heteroatoms. The number of aryl methyl sites for hydroxylation is 1. The number of nitrogens with one attached hydrogen (secondary N) is 2. The molecule has 60 valence electrons. The molecule has 0 aliphatic rings. The summed E-state index contributed by atoms with van der Waals surface area (Å²) in [5.74, 6) is 5.01. The first-order chi connectivity index (χ1) is 5.16. The molecule has 0 aliphatic carbocycles. The summed E-state index contributed by atoms with van der Waals surface area (Å²) in [7, 11) is 0. The van der Waals surface area contributed by atoms with Crippen molar-refractivity contribution in [3.8, 4) is 0 Å². The number of aromatic nitrogens is 2. The van der Waals surface area contributed by atoms with Gasteiger partial charge in [-0.15, -0.1) is 5.10 Å². The monoisotopic (exact) mass is 157 g/mol. The molecule has 0 saturated carbocycles. The molecule has 1 aromatic rings. The third-order valence-electron chi connectivity index (χ3n) is 1.23. The number of anilines is 1. The van der Waals surface area contributed by atoms with E-state index in [1.54, 1.807) is 6.92 Å². The van der Waals surface area contributed by atoms with E-state index in [2.05, 4.69) is 15.6 Å². The zero-order valence-corrected chi connectivity index (χ0v) is 5.79. The van der Waals surface area contributed by atoms with Crippen LogP contribution in [0.15, 0.2) is 0 Å². The molecule has 0 bridgehead atoms. The second kappa shape index (κ2) is 2.54. The fourth-order valence-electron chi connectivity index (χ4n) is 0.747. The molecule has 0 fully saturated rings. The Morgan fingerprint density at radius 3 is 2.82 bits per heavy atom. The lowest BCUT2D eigenvalue weighted by atomic mass is 10.4. The maximum absolute atomic E-state index is 10.3. The highest BCUT2D eigenvalue weighted by atomic mass is 16.6. The molecule has 0 amide bonds. The van der Waals surface area contributed by atoms with Crippen molar-refractivity contribution in [2.75, 3.05) is 5.43 Å². The summed E-state index contributed by atoms with van der Waals surface area (Å²) in [6.45, 7) is 1.55. The Morgan fingerprint density at radius 1 is 1.82 bits per heavy atom. The maximum atomic E-state index is 10.3. The SMILES string of the molecule is Cc1[nH]nc(NN)c1[N+](=O)[O-]. The molecule has 4 N–H and O–H groups in total. The van der Waals surface area contributed by atoms with Crippen LogP contribution >= 0.6 is 0 Å². The maximum Gasteiger partial charge on any atom is 0.334 e. The van der Waals surface area contributed by atoms with Gasteiger partial charge in [0.05, 0.1) is 4.92 Å². The van der Waals surface area contributed by atoms with Crippen LogP contribution in [0, 0.1) is 17.0 Å². The summed E-state index contributed by atoms with van der Waals surface area (Å²) in [5, 5.41) is 16.3. The van der Waals surface area contributed by atoms with Gasteiger partial charge in [-0.05, 0) is 6.92 Å². The molecular formula is C4H7N5O2. The lowest BCUT2D eigenvalue weighted by Crippen LogP contribution is -2.08. The number of nitro groups is 1. The number of nitrogens with two attached hydrogens (primary N) is 1. The fraction of sp³-hybridized carbons (Fsp3) is 0.250. The van der Waals surface area contributed by atoms with Gasteiger partial charge in [-0.25, -0.2) is 5.84 Å². The van der Waals surface area contributed by atoms with E-state index in [1.807, 2.05) is 0 Å². The van der Waals surface area contributed by atoms with Gasteiger partial charge >= 0.3 is 5.69 Å². The Morgan fingerprint density at radius 2 is 2.45 bits per heavy atom. The molecule has 1 heterocycles. The van der Waals surface area contributed by atoms with Gasteiger partial charge in [-0.3, -0.25) is 15.2 Å². The summed E-state index contributed by atoms with van der Waals surface area (Å²) in [5.41, 5.74) is 2.37. The quantitative estimate of drug-likeness (QED) is 0.315. The van der Waals surface area contributed by atoms with Crippen LogP contribution in [-0.2, 0) is 0 Å². The van der Waals surface area contributed by atoms with Crippen molar-refractivity contribution in [3.05, 3.63) is 15.8 Å². The van der Waals surface area contributed by atoms with Crippen molar-refractivity contribution >= 4 is 11.5 Å². The van der Waals surface area contributed by atoms with E-state index < -0.39 is 4.92 Å². The van der Waals surface area contributed by atoms with Crippen molar-refractivity contribution in [1.29, 1.82) is 0 Å². The molecule has 0 saturated heterocycles. The van der Waals surface area contributed by atoms with Crippen LogP contribution < -0.4 is 11.3 Å². The zero-order chi connectivity index (χ0) is 8.43. The zero-order valence-electron chi connectivity index (χ0n) is 5.79. The highest BCUT2D eigenvalue weighted by molar-refractivity contribution is 5.57. The Kier molecular flexibility index (Phi) is 1.73. The fourth-order valence-corrected chi connectivity index (χ4v) is 0.747. The highest BCUT2D eigenvalue weighted by Gasteiger charge is 2.19. The molecular weight excluding hydrogens is 150 g/mol. The number of hydrogen-bond donors (Lipinski definition) is 3. The minimum Gasteiger partial charge on any atom is -0.301 e. The van der Waals surface area contributed by atoms with Gasteiger partial charge in [0.25, 0.3) is 0 Å². The topological polar surface area (TPSA) is 110 Å². The summed E-state index contributed by atoms with van der Waals surface area (Å²) in [4.78, 5) is 9.76. The molecule has 7 nitrogen and oxygen atoms in total. The van der Waals surface area contributed by atoms with E-state index in [1.165, 1.54) is 0 Å². The summed E-state index contributed by atoms with van der Waals surface area (Å²) < 4.78 is 0. The Balaban J connectivity index is 3.17.